The van der Waals surface area contributed by atoms with Crippen LogP contribution in [0.3, 0.4) is 0 Å². The van der Waals surface area contributed by atoms with E-state index < -0.39 is 16.2 Å². The number of hydrogen-bond acceptors (Lipinski definition) is 5. The summed E-state index contributed by atoms with van der Waals surface area (Å²) in [5, 5.41) is 12.9. The third-order valence-corrected chi connectivity index (χ3v) is 13.2. The molecule has 0 bridgehead atoms. The average molecular weight is 576 g/mol. The SMILES string of the molecule is CN(C)C(=O)CNC(=O)[C@]12CCC(C)(C)CC1C1C(=O)C=C3[C@@]4(C)C=C(C#N)C(=O)C(C)(C)[C@@H]4CC[C@@]3(C)[C@]1(C)CC2. The standard InChI is InChI=1S/C35H49N3O4/c1-30(2)12-14-35(29(42)37-20-26(40)38(8)9)15-13-34(7)27(22(35)18-30)23(39)16-25-32(5)17-21(19-36)28(41)31(3,4)24(32)10-11-33(25,34)6/h16-17,22,24,27H,10-15,18,20H2,1-9H3,(H,37,42)/t22?,24-,27?,32-,33+,34+,35-/m0/s1. The fourth-order valence-electron chi connectivity index (χ4n) is 10.5. The number of ketones is 2. The van der Waals surface area contributed by atoms with E-state index >= 15 is 0 Å². The number of likely N-dealkylation sites (N-methyl/N-ethyl adjacent to an activating group) is 1. The maximum absolute atomic E-state index is 14.6. The Labute approximate surface area is 251 Å². The fraction of sp³-hybridized carbons (Fsp3) is 0.743. The lowest BCUT2D eigenvalue weighted by Crippen LogP contribution is -2.66. The zero-order valence-corrected chi connectivity index (χ0v) is 27.1. The third-order valence-electron chi connectivity index (χ3n) is 13.2. The number of Topliss-reactive ketones (excluding diaryl/α,β-unsaturated/α-hetero) is 1. The van der Waals surface area contributed by atoms with Gasteiger partial charge in [0.15, 0.2) is 11.6 Å². The minimum atomic E-state index is -0.700. The van der Waals surface area contributed by atoms with Crippen LogP contribution >= 0.6 is 0 Å². The number of allylic oxidation sites excluding steroid dienone is 4. The van der Waals surface area contributed by atoms with E-state index in [0.717, 1.165) is 37.7 Å². The number of rotatable bonds is 3. The summed E-state index contributed by atoms with van der Waals surface area (Å²) in [5.41, 5.74) is -1.41. The molecule has 7 atom stereocenters. The molecule has 7 heteroatoms. The van der Waals surface area contributed by atoms with E-state index in [1.54, 1.807) is 14.1 Å². The maximum Gasteiger partial charge on any atom is 0.241 e. The van der Waals surface area contributed by atoms with Gasteiger partial charge in [0.05, 0.1) is 17.5 Å². The quantitative estimate of drug-likeness (QED) is 0.484. The van der Waals surface area contributed by atoms with E-state index in [0.29, 0.717) is 12.8 Å². The summed E-state index contributed by atoms with van der Waals surface area (Å²) >= 11 is 0. The van der Waals surface area contributed by atoms with Gasteiger partial charge in [-0.2, -0.15) is 5.26 Å². The van der Waals surface area contributed by atoms with Crippen molar-refractivity contribution in [2.45, 2.75) is 93.4 Å². The Morgan fingerprint density at radius 1 is 1.00 bits per heavy atom. The van der Waals surface area contributed by atoms with E-state index in [1.807, 2.05) is 26.0 Å². The number of amides is 2. The van der Waals surface area contributed by atoms with Crippen molar-refractivity contribution >= 4 is 23.4 Å². The molecule has 2 unspecified atom stereocenters. The molecule has 5 aliphatic rings. The molecule has 1 N–H and O–H groups in total. The van der Waals surface area contributed by atoms with Gasteiger partial charge in [0.2, 0.25) is 11.8 Å². The molecule has 0 radical (unpaired) electrons. The molecule has 0 heterocycles. The Bertz CT molecular complexity index is 1360. The van der Waals surface area contributed by atoms with Crippen LogP contribution in [0.25, 0.3) is 0 Å². The lowest BCUT2D eigenvalue weighted by atomic mass is 9.34. The van der Waals surface area contributed by atoms with Gasteiger partial charge in [-0.3, -0.25) is 19.2 Å². The number of carbonyl (C=O) groups is 4. The lowest BCUT2D eigenvalue weighted by molar-refractivity contribution is -0.178. The van der Waals surface area contributed by atoms with Crippen LogP contribution in [0.2, 0.25) is 0 Å². The van der Waals surface area contributed by atoms with Gasteiger partial charge in [-0.25, -0.2) is 0 Å². The molecule has 0 spiro atoms. The summed E-state index contributed by atoms with van der Waals surface area (Å²) in [6.07, 6.45) is 9.26. The highest BCUT2D eigenvalue weighted by Crippen LogP contribution is 2.74. The van der Waals surface area contributed by atoms with E-state index in [1.165, 1.54) is 4.90 Å². The molecule has 3 fully saturated rings. The van der Waals surface area contributed by atoms with Gasteiger partial charge in [-0.15, -0.1) is 0 Å². The molecule has 5 aliphatic carbocycles. The van der Waals surface area contributed by atoms with Crippen molar-refractivity contribution in [1.82, 2.24) is 10.2 Å². The highest BCUT2D eigenvalue weighted by atomic mass is 16.2. The van der Waals surface area contributed by atoms with Crippen molar-refractivity contribution in [1.29, 1.82) is 5.26 Å². The van der Waals surface area contributed by atoms with Crippen LogP contribution in [0.4, 0.5) is 0 Å². The van der Waals surface area contributed by atoms with E-state index in [9.17, 15) is 24.4 Å². The molecule has 42 heavy (non-hydrogen) atoms. The molecule has 0 aromatic rings. The van der Waals surface area contributed by atoms with Crippen LogP contribution in [0, 0.1) is 61.6 Å². The molecule has 0 saturated heterocycles. The first-order chi connectivity index (χ1) is 19.3. The van der Waals surface area contributed by atoms with Crippen molar-refractivity contribution in [3.8, 4) is 6.07 Å². The molecule has 0 aromatic carbocycles. The number of hydrogen-bond donors (Lipinski definition) is 1. The predicted octanol–water partition coefficient (Wildman–Crippen LogP) is 5.41. The second-order valence-corrected chi connectivity index (χ2v) is 16.4. The van der Waals surface area contributed by atoms with Gasteiger partial charge < -0.3 is 10.2 Å². The monoisotopic (exact) mass is 575 g/mol. The first-order valence-electron chi connectivity index (χ1n) is 15.7. The topological polar surface area (TPSA) is 107 Å². The minimum Gasteiger partial charge on any atom is -0.347 e. The van der Waals surface area contributed by atoms with Crippen LogP contribution in [0.5, 0.6) is 0 Å². The molecular formula is C35H49N3O4. The second kappa shape index (κ2) is 9.37. The van der Waals surface area contributed by atoms with Gasteiger partial charge in [0.1, 0.15) is 6.07 Å². The van der Waals surface area contributed by atoms with Gasteiger partial charge in [0.25, 0.3) is 0 Å². The van der Waals surface area contributed by atoms with E-state index in [-0.39, 0.29) is 69.5 Å². The van der Waals surface area contributed by atoms with Crippen molar-refractivity contribution in [3.63, 3.8) is 0 Å². The predicted molar refractivity (Wildman–Crippen MR) is 161 cm³/mol. The van der Waals surface area contributed by atoms with Gasteiger partial charge in [-0.1, -0.05) is 60.1 Å². The fourth-order valence-corrected chi connectivity index (χ4v) is 10.5. The summed E-state index contributed by atoms with van der Waals surface area (Å²) in [6.45, 7) is 15.1. The van der Waals surface area contributed by atoms with E-state index in [2.05, 4.69) is 46.0 Å². The summed E-state index contributed by atoms with van der Waals surface area (Å²) in [5.74, 6) is -0.697. The number of carbonyl (C=O) groups excluding carboxylic acids is 4. The van der Waals surface area contributed by atoms with Gasteiger partial charge in [0, 0.05) is 30.8 Å². The number of nitriles is 1. The first-order valence-corrected chi connectivity index (χ1v) is 15.7. The number of nitrogens with zero attached hydrogens (tertiary/aromatic N) is 2. The third kappa shape index (κ3) is 3.95. The Balaban J connectivity index is 1.62. The van der Waals surface area contributed by atoms with Gasteiger partial charge in [-0.05, 0) is 79.1 Å². The van der Waals surface area contributed by atoms with Crippen molar-refractivity contribution < 1.29 is 19.2 Å². The van der Waals surface area contributed by atoms with Crippen LogP contribution < -0.4 is 5.32 Å². The van der Waals surface area contributed by atoms with Crippen molar-refractivity contribution in [2.75, 3.05) is 20.6 Å². The molecular weight excluding hydrogens is 526 g/mol. The van der Waals surface area contributed by atoms with Crippen LogP contribution in [0.15, 0.2) is 23.3 Å². The Kier molecular flexibility index (Phi) is 6.85. The van der Waals surface area contributed by atoms with Crippen molar-refractivity contribution in [2.24, 2.45) is 50.2 Å². The number of nitrogens with one attached hydrogen (secondary N) is 1. The van der Waals surface area contributed by atoms with Crippen LogP contribution in [-0.2, 0) is 19.2 Å². The second-order valence-electron chi connectivity index (χ2n) is 16.4. The molecule has 2 amide bonds. The zero-order chi connectivity index (χ0) is 31.3. The molecule has 0 aromatic heterocycles. The summed E-state index contributed by atoms with van der Waals surface area (Å²) in [4.78, 5) is 55.8. The molecule has 7 nitrogen and oxygen atoms in total. The minimum absolute atomic E-state index is 0.000835. The van der Waals surface area contributed by atoms with E-state index in [4.69, 9.17) is 0 Å². The largest absolute Gasteiger partial charge is 0.347 e. The molecule has 0 aliphatic heterocycles. The maximum atomic E-state index is 14.6. The summed E-state index contributed by atoms with van der Waals surface area (Å²) < 4.78 is 0. The average Bonchev–Trinajstić information content (AvgIpc) is 2.90. The molecule has 3 saturated carbocycles. The Morgan fingerprint density at radius 2 is 1.64 bits per heavy atom. The smallest absolute Gasteiger partial charge is 0.241 e. The molecule has 5 rings (SSSR count). The first kappa shape index (κ1) is 30.7. The van der Waals surface area contributed by atoms with Gasteiger partial charge >= 0.3 is 0 Å². The molecule has 228 valence electrons. The van der Waals surface area contributed by atoms with Crippen molar-refractivity contribution in [3.05, 3.63) is 23.3 Å². The Hall–Kier alpha value is -2.75. The lowest BCUT2D eigenvalue weighted by Gasteiger charge is -2.69. The highest BCUT2D eigenvalue weighted by Gasteiger charge is 2.70. The van der Waals surface area contributed by atoms with Crippen LogP contribution in [-0.4, -0.2) is 48.9 Å². The number of fused-ring (bicyclic) bond motifs is 7. The highest BCUT2D eigenvalue weighted by molar-refractivity contribution is 6.04. The summed E-state index contributed by atoms with van der Waals surface area (Å²) in [6, 6.07) is 2.17. The normalized spacial score (nSPS) is 41.5. The zero-order valence-electron chi connectivity index (χ0n) is 27.1. The van der Waals surface area contributed by atoms with Crippen LogP contribution in [0.1, 0.15) is 93.4 Å². The Morgan fingerprint density at radius 3 is 2.26 bits per heavy atom. The summed E-state index contributed by atoms with van der Waals surface area (Å²) in [7, 11) is 3.37.